The maximum atomic E-state index is 5.94. The predicted octanol–water partition coefficient (Wildman–Crippen LogP) is 3.15. The summed E-state index contributed by atoms with van der Waals surface area (Å²) in [4.78, 5) is 8.22. The van der Waals surface area contributed by atoms with Gasteiger partial charge in [0.15, 0.2) is 5.82 Å². The highest BCUT2D eigenvalue weighted by Gasteiger charge is 2.13. The number of aromatic nitrogens is 2. The summed E-state index contributed by atoms with van der Waals surface area (Å²) in [5.74, 6) is 1.51. The summed E-state index contributed by atoms with van der Waals surface area (Å²) in [6, 6.07) is 7.48. The average molecular weight is 294 g/mol. The zero-order valence-corrected chi connectivity index (χ0v) is 12.1. The molecule has 1 aromatic carbocycles. The van der Waals surface area contributed by atoms with Crippen molar-refractivity contribution >= 4 is 17.4 Å². The molecule has 0 aliphatic carbocycles. The lowest BCUT2D eigenvalue weighted by molar-refractivity contribution is 0.272. The highest BCUT2D eigenvalue weighted by atomic mass is 35.5. The van der Waals surface area contributed by atoms with Crippen LogP contribution < -0.4 is 14.8 Å². The fraction of sp³-hybridized carbons (Fsp3) is 0.286. The number of rotatable bonds is 6. The van der Waals surface area contributed by atoms with Crippen LogP contribution in [0.2, 0.25) is 5.02 Å². The lowest BCUT2D eigenvalue weighted by Gasteiger charge is -2.12. The molecule has 106 valence electrons. The number of nitrogens with zero attached hydrogens (tertiary/aromatic N) is 2. The third-order valence-corrected chi connectivity index (χ3v) is 2.82. The van der Waals surface area contributed by atoms with E-state index in [1.807, 2.05) is 31.2 Å². The Bertz CT molecular complexity index is 578. The number of halogens is 1. The van der Waals surface area contributed by atoms with E-state index in [4.69, 9.17) is 21.1 Å². The van der Waals surface area contributed by atoms with Gasteiger partial charge in [-0.2, -0.15) is 4.98 Å². The smallest absolute Gasteiger partial charge is 0.262 e. The van der Waals surface area contributed by atoms with Crippen LogP contribution in [-0.4, -0.2) is 23.6 Å². The summed E-state index contributed by atoms with van der Waals surface area (Å²) < 4.78 is 11.0. The fourth-order valence-electron chi connectivity index (χ4n) is 1.72. The van der Waals surface area contributed by atoms with Crippen molar-refractivity contribution < 1.29 is 9.47 Å². The second kappa shape index (κ2) is 6.96. The molecule has 20 heavy (non-hydrogen) atoms. The van der Waals surface area contributed by atoms with Gasteiger partial charge in [0.05, 0.1) is 7.11 Å². The van der Waals surface area contributed by atoms with Crippen molar-refractivity contribution in [2.24, 2.45) is 0 Å². The van der Waals surface area contributed by atoms with Crippen LogP contribution >= 0.6 is 11.6 Å². The van der Waals surface area contributed by atoms with E-state index in [0.717, 1.165) is 12.1 Å². The monoisotopic (exact) mass is 293 g/mol. The number of hydrogen-bond donors (Lipinski definition) is 1. The second-order valence-corrected chi connectivity index (χ2v) is 4.45. The Labute approximate surface area is 122 Å². The van der Waals surface area contributed by atoms with Gasteiger partial charge in [0, 0.05) is 11.6 Å². The molecule has 0 atom stereocenters. The van der Waals surface area contributed by atoms with Crippen LogP contribution in [0.1, 0.15) is 12.5 Å². The van der Waals surface area contributed by atoms with E-state index in [0.29, 0.717) is 29.1 Å². The molecule has 0 bridgehead atoms. The molecule has 0 radical (unpaired) electrons. The van der Waals surface area contributed by atoms with Gasteiger partial charge in [-0.1, -0.05) is 23.7 Å². The van der Waals surface area contributed by atoms with E-state index in [1.54, 1.807) is 7.11 Å². The normalized spacial score (nSPS) is 10.2. The molecule has 2 rings (SSSR count). The number of methoxy groups -OCH3 is 1. The molecule has 1 heterocycles. The highest BCUT2D eigenvalue weighted by molar-refractivity contribution is 6.30. The highest BCUT2D eigenvalue weighted by Crippen LogP contribution is 2.31. The number of hydrogen-bond acceptors (Lipinski definition) is 5. The van der Waals surface area contributed by atoms with Crippen LogP contribution in [0.5, 0.6) is 11.6 Å². The van der Waals surface area contributed by atoms with Gasteiger partial charge in [-0.25, -0.2) is 4.98 Å². The Hall–Kier alpha value is -2.01. The zero-order chi connectivity index (χ0) is 14.4. The number of nitrogens with one attached hydrogen (secondary N) is 1. The van der Waals surface area contributed by atoms with Crippen LogP contribution in [0.4, 0.5) is 5.82 Å². The molecule has 5 nitrogen and oxygen atoms in total. The van der Waals surface area contributed by atoms with Gasteiger partial charge < -0.3 is 14.8 Å². The van der Waals surface area contributed by atoms with E-state index in [9.17, 15) is 0 Å². The van der Waals surface area contributed by atoms with Gasteiger partial charge in [0.1, 0.15) is 12.9 Å². The molecule has 0 fully saturated rings. The van der Waals surface area contributed by atoms with Gasteiger partial charge in [-0.15, -0.1) is 0 Å². The van der Waals surface area contributed by atoms with Crippen LogP contribution in [-0.2, 0) is 6.61 Å². The van der Waals surface area contributed by atoms with Crippen molar-refractivity contribution in [1.82, 2.24) is 9.97 Å². The topological polar surface area (TPSA) is 56.3 Å². The van der Waals surface area contributed by atoms with Gasteiger partial charge in [0.25, 0.3) is 5.88 Å². The first-order valence-corrected chi connectivity index (χ1v) is 6.62. The van der Waals surface area contributed by atoms with E-state index in [2.05, 4.69) is 15.3 Å². The number of benzene rings is 1. The number of ether oxygens (including phenoxy) is 2. The first-order valence-electron chi connectivity index (χ1n) is 6.24. The van der Waals surface area contributed by atoms with E-state index >= 15 is 0 Å². The molecular formula is C14H16ClN3O2. The minimum Gasteiger partial charge on any atom is -0.489 e. The van der Waals surface area contributed by atoms with Crippen molar-refractivity contribution in [2.75, 3.05) is 19.0 Å². The summed E-state index contributed by atoms with van der Waals surface area (Å²) >= 11 is 5.94. The quantitative estimate of drug-likeness (QED) is 0.886. The lowest BCUT2D eigenvalue weighted by Crippen LogP contribution is -2.06. The SMILES string of the molecule is CCNc1ncnc(OCc2cccc(Cl)c2)c1OC. The molecule has 0 aliphatic heterocycles. The van der Waals surface area contributed by atoms with Gasteiger partial charge in [-0.3, -0.25) is 0 Å². The molecule has 1 N–H and O–H groups in total. The Balaban J connectivity index is 2.14. The van der Waals surface area contributed by atoms with Crippen molar-refractivity contribution in [2.45, 2.75) is 13.5 Å². The molecule has 0 unspecified atom stereocenters. The van der Waals surface area contributed by atoms with Crippen molar-refractivity contribution in [3.63, 3.8) is 0 Å². The van der Waals surface area contributed by atoms with E-state index < -0.39 is 0 Å². The Morgan fingerprint density at radius 2 is 2.15 bits per heavy atom. The standard InChI is InChI=1S/C14H16ClN3O2/c1-3-16-13-12(19-2)14(18-9-17-13)20-8-10-5-4-6-11(15)7-10/h4-7,9H,3,8H2,1-2H3,(H,16,17,18). The van der Waals surface area contributed by atoms with Crippen molar-refractivity contribution in [1.29, 1.82) is 0 Å². The Morgan fingerprint density at radius 1 is 1.30 bits per heavy atom. The zero-order valence-electron chi connectivity index (χ0n) is 11.4. The van der Waals surface area contributed by atoms with E-state index in [1.165, 1.54) is 6.33 Å². The molecular weight excluding hydrogens is 278 g/mol. The molecule has 0 saturated carbocycles. The van der Waals surface area contributed by atoms with Crippen LogP contribution in [0.3, 0.4) is 0 Å². The van der Waals surface area contributed by atoms with Crippen molar-refractivity contribution in [3.05, 3.63) is 41.2 Å². The minimum atomic E-state index is 0.361. The van der Waals surface area contributed by atoms with Crippen LogP contribution in [0.15, 0.2) is 30.6 Å². The molecule has 0 amide bonds. The molecule has 6 heteroatoms. The maximum Gasteiger partial charge on any atom is 0.262 e. The summed E-state index contributed by atoms with van der Waals surface area (Å²) in [6.07, 6.45) is 1.44. The number of anilines is 1. The largest absolute Gasteiger partial charge is 0.489 e. The van der Waals surface area contributed by atoms with Crippen molar-refractivity contribution in [3.8, 4) is 11.6 Å². The summed E-state index contributed by atoms with van der Waals surface area (Å²) in [6.45, 7) is 3.08. The molecule has 0 aliphatic rings. The maximum absolute atomic E-state index is 5.94. The molecule has 0 saturated heterocycles. The molecule has 1 aromatic heterocycles. The van der Waals surface area contributed by atoms with Gasteiger partial charge in [-0.05, 0) is 24.6 Å². The van der Waals surface area contributed by atoms with E-state index in [-0.39, 0.29) is 0 Å². The minimum absolute atomic E-state index is 0.361. The lowest BCUT2D eigenvalue weighted by atomic mass is 10.2. The first kappa shape index (κ1) is 14.4. The first-order chi connectivity index (χ1) is 9.74. The molecule has 0 spiro atoms. The van der Waals surface area contributed by atoms with Gasteiger partial charge >= 0.3 is 0 Å². The van der Waals surface area contributed by atoms with Crippen LogP contribution in [0, 0.1) is 0 Å². The third-order valence-electron chi connectivity index (χ3n) is 2.58. The Kier molecular flexibility index (Phi) is 5.01. The fourth-order valence-corrected chi connectivity index (χ4v) is 1.93. The molecule has 2 aromatic rings. The van der Waals surface area contributed by atoms with Gasteiger partial charge in [0.2, 0.25) is 5.75 Å². The predicted molar refractivity (Wildman–Crippen MR) is 78.5 cm³/mol. The second-order valence-electron chi connectivity index (χ2n) is 4.01. The third kappa shape index (κ3) is 3.51. The van der Waals surface area contributed by atoms with Crippen LogP contribution in [0.25, 0.3) is 0 Å². The summed E-state index contributed by atoms with van der Waals surface area (Å²) in [7, 11) is 1.56. The average Bonchev–Trinajstić information content (AvgIpc) is 2.45. The summed E-state index contributed by atoms with van der Waals surface area (Å²) in [5, 5.41) is 3.77. The Morgan fingerprint density at radius 3 is 2.85 bits per heavy atom. The summed E-state index contributed by atoms with van der Waals surface area (Å²) in [5.41, 5.74) is 0.961.